The van der Waals surface area contributed by atoms with Gasteiger partial charge in [-0.25, -0.2) is 9.18 Å². The minimum absolute atomic E-state index is 0.0945. The maximum Gasteiger partial charge on any atom is 0.342 e. The SMILES string of the molecule is CCOC(=O)c1ccc(F)c(F)c1O. The lowest BCUT2D eigenvalue weighted by Gasteiger charge is -2.04. The number of ether oxygens (including phenoxy) is 1. The van der Waals surface area contributed by atoms with Crippen molar-refractivity contribution in [3.63, 3.8) is 0 Å². The molecule has 5 heteroatoms. The maximum atomic E-state index is 12.8. The molecule has 0 aromatic heterocycles. The average molecular weight is 202 g/mol. The largest absolute Gasteiger partial charge is 0.504 e. The van der Waals surface area contributed by atoms with Crippen molar-refractivity contribution in [2.45, 2.75) is 6.92 Å². The van der Waals surface area contributed by atoms with Gasteiger partial charge in [-0.1, -0.05) is 0 Å². The summed E-state index contributed by atoms with van der Waals surface area (Å²) in [6.07, 6.45) is 0. The Balaban J connectivity index is 3.11. The molecule has 0 amide bonds. The Bertz CT molecular complexity index is 363. The highest BCUT2D eigenvalue weighted by molar-refractivity contribution is 5.92. The number of hydrogen-bond donors (Lipinski definition) is 1. The molecule has 0 spiro atoms. The molecule has 76 valence electrons. The number of esters is 1. The van der Waals surface area contributed by atoms with Crippen molar-refractivity contribution in [1.29, 1.82) is 0 Å². The van der Waals surface area contributed by atoms with Crippen LogP contribution in [0.1, 0.15) is 17.3 Å². The number of hydrogen-bond acceptors (Lipinski definition) is 3. The minimum Gasteiger partial charge on any atom is -0.504 e. The normalized spacial score (nSPS) is 9.93. The van der Waals surface area contributed by atoms with Crippen molar-refractivity contribution in [2.24, 2.45) is 0 Å². The third-order valence-corrected chi connectivity index (χ3v) is 1.56. The molecule has 1 N–H and O–H groups in total. The van der Waals surface area contributed by atoms with Crippen LogP contribution in [-0.2, 0) is 4.74 Å². The van der Waals surface area contributed by atoms with Crippen LogP contribution in [0.2, 0.25) is 0 Å². The van der Waals surface area contributed by atoms with Gasteiger partial charge in [-0.3, -0.25) is 0 Å². The summed E-state index contributed by atoms with van der Waals surface area (Å²) in [6.45, 7) is 1.66. The number of carbonyl (C=O) groups excluding carboxylic acids is 1. The van der Waals surface area contributed by atoms with Crippen LogP contribution in [0.3, 0.4) is 0 Å². The Hall–Kier alpha value is -1.65. The fourth-order valence-electron chi connectivity index (χ4n) is 0.914. The summed E-state index contributed by atoms with van der Waals surface area (Å²) < 4.78 is 29.8. The molecule has 0 bridgehead atoms. The first kappa shape index (κ1) is 10.4. The summed E-state index contributed by atoms with van der Waals surface area (Å²) in [4.78, 5) is 11.1. The number of phenols is 1. The lowest BCUT2D eigenvalue weighted by atomic mass is 10.2. The van der Waals surface area contributed by atoms with Crippen LogP contribution >= 0.6 is 0 Å². The minimum atomic E-state index is -1.45. The molecule has 3 nitrogen and oxygen atoms in total. The summed E-state index contributed by atoms with van der Waals surface area (Å²) in [7, 11) is 0. The lowest BCUT2D eigenvalue weighted by Crippen LogP contribution is -2.06. The van der Waals surface area contributed by atoms with Crippen LogP contribution in [0.15, 0.2) is 12.1 Å². The first-order valence-corrected chi connectivity index (χ1v) is 3.92. The second-order valence-electron chi connectivity index (χ2n) is 2.48. The molecule has 0 saturated heterocycles. The molecule has 1 rings (SSSR count). The molecule has 0 heterocycles. The molecule has 14 heavy (non-hydrogen) atoms. The van der Waals surface area contributed by atoms with Crippen LogP contribution in [0.5, 0.6) is 5.75 Å². The fourth-order valence-corrected chi connectivity index (χ4v) is 0.914. The van der Waals surface area contributed by atoms with Crippen LogP contribution in [0, 0.1) is 11.6 Å². The topological polar surface area (TPSA) is 46.5 Å². The summed E-state index contributed by atoms with van der Waals surface area (Å²) in [5, 5.41) is 9.06. The predicted molar refractivity (Wildman–Crippen MR) is 44.0 cm³/mol. The van der Waals surface area contributed by atoms with E-state index in [9.17, 15) is 13.6 Å². The fraction of sp³-hybridized carbons (Fsp3) is 0.222. The molecule has 0 saturated carbocycles. The van der Waals surface area contributed by atoms with Crippen molar-refractivity contribution in [3.05, 3.63) is 29.3 Å². The second kappa shape index (κ2) is 4.04. The van der Waals surface area contributed by atoms with Crippen LogP contribution < -0.4 is 0 Å². The Morgan fingerprint density at radius 1 is 1.50 bits per heavy atom. The molecule has 0 radical (unpaired) electrons. The van der Waals surface area contributed by atoms with Gasteiger partial charge in [0.15, 0.2) is 11.6 Å². The van der Waals surface area contributed by atoms with Gasteiger partial charge in [-0.15, -0.1) is 0 Å². The van der Waals surface area contributed by atoms with E-state index in [1.165, 1.54) is 0 Å². The first-order valence-electron chi connectivity index (χ1n) is 3.92. The third kappa shape index (κ3) is 1.81. The van der Waals surface area contributed by atoms with Gasteiger partial charge in [0.2, 0.25) is 5.82 Å². The molecule has 1 aromatic rings. The van der Waals surface area contributed by atoms with Gasteiger partial charge in [0.1, 0.15) is 5.56 Å². The maximum absolute atomic E-state index is 12.8. The highest BCUT2D eigenvalue weighted by Crippen LogP contribution is 2.23. The number of benzene rings is 1. The zero-order valence-corrected chi connectivity index (χ0v) is 7.38. The van der Waals surface area contributed by atoms with Gasteiger partial charge in [-0.2, -0.15) is 4.39 Å². The Morgan fingerprint density at radius 3 is 2.71 bits per heavy atom. The number of phenolic OH excluding ortho intramolecular Hbond substituents is 1. The lowest BCUT2D eigenvalue weighted by molar-refractivity contribution is 0.0522. The van der Waals surface area contributed by atoms with Gasteiger partial charge < -0.3 is 9.84 Å². The quantitative estimate of drug-likeness (QED) is 0.744. The van der Waals surface area contributed by atoms with E-state index < -0.39 is 23.4 Å². The standard InChI is InChI=1S/C9H8F2O3/c1-2-14-9(13)5-3-4-6(10)7(11)8(5)12/h3-4,12H,2H2,1H3. The smallest absolute Gasteiger partial charge is 0.342 e. The van der Waals surface area contributed by atoms with E-state index in [1.54, 1.807) is 6.92 Å². The van der Waals surface area contributed by atoms with E-state index in [0.717, 1.165) is 12.1 Å². The van der Waals surface area contributed by atoms with Crippen molar-refractivity contribution in [1.82, 2.24) is 0 Å². The Morgan fingerprint density at radius 2 is 2.14 bits per heavy atom. The Labute approximate surface area is 78.9 Å². The molecule has 0 atom stereocenters. The monoisotopic (exact) mass is 202 g/mol. The number of carbonyl (C=O) groups is 1. The summed E-state index contributed by atoms with van der Waals surface area (Å²) in [6, 6.07) is 1.72. The molecule has 0 fully saturated rings. The highest BCUT2D eigenvalue weighted by Gasteiger charge is 2.18. The van der Waals surface area contributed by atoms with E-state index in [1.807, 2.05) is 0 Å². The summed E-state index contributed by atoms with van der Waals surface area (Å²) >= 11 is 0. The Kier molecular flexibility index (Phi) is 3.01. The van der Waals surface area contributed by atoms with Crippen LogP contribution in [0.4, 0.5) is 8.78 Å². The average Bonchev–Trinajstić information content (AvgIpc) is 2.15. The molecule has 0 aliphatic rings. The van der Waals surface area contributed by atoms with Gasteiger partial charge in [0, 0.05) is 0 Å². The first-order chi connectivity index (χ1) is 6.57. The zero-order chi connectivity index (χ0) is 10.7. The van der Waals surface area contributed by atoms with Crippen molar-refractivity contribution in [3.8, 4) is 5.75 Å². The van der Waals surface area contributed by atoms with E-state index in [-0.39, 0.29) is 12.2 Å². The molecule has 0 unspecified atom stereocenters. The predicted octanol–water partition coefficient (Wildman–Crippen LogP) is 1.85. The summed E-state index contributed by atoms with van der Waals surface area (Å²) in [5.74, 6) is -4.57. The van der Waals surface area contributed by atoms with E-state index in [2.05, 4.69) is 4.74 Å². The van der Waals surface area contributed by atoms with E-state index in [0.29, 0.717) is 0 Å². The van der Waals surface area contributed by atoms with Crippen LogP contribution in [-0.4, -0.2) is 17.7 Å². The van der Waals surface area contributed by atoms with E-state index in [4.69, 9.17) is 5.11 Å². The van der Waals surface area contributed by atoms with E-state index >= 15 is 0 Å². The number of aromatic hydroxyl groups is 1. The van der Waals surface area contributed by atoms with Gasteiger partial charge >= 0.3 is 5.97 Å². The van der Waals surface area contributed by atoms with Crippen LogP contribution in [0.25, 0.3) is 0 Å². The highest BCUT2D eigenvalue weighted by atomic mass is 19.2. The van der Waals surface area contributed by atoms with Gasteiger partial charge in [0.05, 0.1) is 6.61 Å². The van der Waals surface area contributed by atoms with Gasteiger partial charge in [0.25, 0.3) is 0 Å². The molecule has 1 aromatic carbocycles. The molecule has 0 aliphatic heterocycles. The van der Waals surface area contributed by atoms with Crippen molar-refractivity contribution in [2.75, 3.05) is 6.61 Å². The zero-order valence-electron chi connectivity index (χ0n) is 7.38. The molecular weight excluding hydrogens is 194 g/mol. The summed E-state index contributed by atoms with van der Waals surface area (Å²) in [5.41, 5.74) is -0.384. The van der Waals surface area contributed by atoms with Crippen molar-refractivity contribution >= 4 is 5.97 Å². The van der Waals surface area contributed by atoms with Crippen molar-refractivity contribution < 1.29 is 23.4 Å². The number of halogens is 2. The third-order valence-electron chi connectivity index (χ3n) is 1.56. The molecular formula is C9H8F2O3. The molecule has 0 aliphatic carbocycles. The second-order valence-corrected chi connectivity index (χ2v) is 2.48. The van der Waals surface area contributed by atoms with Gasteiger partial charge in [-0.05, 0) is 19.1 Å². The number of rotatable bonds is 2.